The van der Waals surface area contributed by atoms with Gasteiger partial charge in [0.2, 0.25) is 0 Å². The Morgan fingerprint density at radius 1 is 0.324 bits per heavy atom. The number of hydrogen-bond acceptors (Lipinski definition) is 5. The van der Waals surface area contributed by atoms with Gasteiger partial charge in [0.1, 0.15) is 0 Å². The Bertz CT molecular complexity index is 2090. The van der Waals surface area contributed by atoms with Gasteiger partial charge in [-0.05, 0) is 182 Å². The van der Waals surface area contributed by atoms with E-state index in [2.05, 4.69) is 142 Å². The van der Waals surface area contributed by atoms with Crippen molar-refractivity contribution in [2.24, 2.45) is 0 Å². The van der Waals surface area contributed by atoms with Gasteiger partial charge < -0.3 is 38.6 Å². The summed E-state index contributed by atoms with van der Waals surface area (Å²) in [5, 5.41) is 0. The molecule has 3 aromatic heterocycles. The van der Waals surface area contributed by atoms with E-state index in [4.69, 9.17) is 38.6 Å². The summed E-state index contributed by atoms with van der Waals surface area (Å²) in [6.45, 7) is 31.7. The van der Waals surface area contributed by atoms with Crippen molar-refractivity contribution >= 4 is 0 Å². The summed E-state index contributed by atoms with van der Waals surface area (Å²) in [5.74, 6) is 0. The molecule has 380 valence electrons. The molecule has 0 radical (unpaired) electrons. The second-order valence-electron chi connectivity index (χ2n) is 19.7. The third-order valence-electron chi connectivity index (χ3n) is 13.4. The number of hydrogen-bond donors (Lipinski definition) is 0. The summed E-state index contributed by atoms with van der Waals surface area (Å²) in [4.78, 5) is 16.0. The first-order chi connectivity index (χ1) is 33.4. The molecule has 8 nitrogen and oxygen atoms in total. The molecule has 3 aromatic carbocycles. The topological polar surface area (TPSA) is 88.5 Å². The van der Waals surface area contributed by atoms with Crippen LogP contribution in [0.4, 0.5) is 0 Å². The first-order valence-electron chi connectivity index (χ1n) is 25.9. The van der Waals surface area contributed by atoms with E-state index in [0.717, 1.165) is 100 Å². The van der Waals surface area contributed by atoms with E-state index in [9.17, 15) is 0 Å². The van der Waals surface area contributed by atoms with Gasteiger partial charge >= 0.3 is 35.9 Å². The van der Waals surface area contributed by atoms with Gasteiger partial charge in [-0.15, -0.1) is 34.2 Å². The summed E-state index contributed by atoms with van der Waals surface area (Å²) in [6, 6.07) is 26.4. The SMILES string of the molecule is C1CCOC1.C1CCOC1.C1CCOC1.C1CCOC1.C1CCOC1.Cc1cc(C)c(-c2ccc(C(C)(c3ccc(-c4c(C)cc(C)cc4C)[n-]3)c3ccc(-c4c(C)cc(C)cc4C)[n-]3)[n-]2)c(C)c1.[Fe+2].[Li+]. The van der Waals surface area contributed by atoms with E-state index in [0.29, 0.717) is 0 Å². The van der Waals surface area contributed by atoms with Crippen molar-refractivity contribution in [3.05, 3.63) is 140 Å². The summed E-state index contributed by atoms with van der Waals surface area (Å²) >= 11 is 0. The van der Waals surface area contributed by atoms with E-state index in [1.54, 1.807) is 0 Å². The quantitative estimate of drug-likeness (QED) is 0.153. The Labute approximate surface area is 450 Å². The maximum Gasteiger partial charge on any atom is 2.00 e. The zero-order valence-electron chi connectivity index (χ0n) is 45.3. The molecular formula is C61H82FeLiN3O5. The van der Waals surface area contributed by atoms with Gasteiger partial charge in [0.15, 0.2) is 0 Å². The van der Waals surface area contributed by atoms with Crippen molar-refractivity contribution in [1.82, 2.24) is 15.0 Å². The van der Waals surface area contributed by atoms with Gasteiger partial charge in [-0.1, -0.05) is 96.4 Å². The molecule has 71 heavy (non-hydrogen) atoms. The molecule has 0 spiro atoms. The van der Waals surface area contributed by atoms with Crippen molar-refractivity contribution in [3.63, 3.8) is 0 Å². The second kappa shape index (κ2) is 30.6. The molecule has 0 N–H and O–H groups in total. The molecule has 0 amide bonds. The molecule has 6 aromatic rings. The van der Waals surface area contributed by atoms with E-state index < -0.39 is 5.41 Å². The zero-order valence-corrected chi connectivity index (χ0v) is 46.4. The summed E-state index contributed by atoms with van der Waals surface area (Å²) in [5.41, 5.74) is 20.1. The van der Waals surface area contributed by atoms with Crippen molar-refractivity contribution in [1.29, 1.82) is 0 Å². The van der Waals surface area contributed by atoms with Crippen LogP contribution >= 0.6 is 0 Å². The molecule has 5 aliphatic heterocycles. The third kappa shape index (κ3) is 17.2. The Balaban J connectivity index is 0.000000325. The van der Waals surface area contributed by atoms with Crippen molar-refractivity contribution in [2.45, 2.75) is 139 Å². The van der Waals surface area contributed by atoms with E-state index in [1.807, 2.05) is 0 Å². The Hall–Kier alpha value is -3.58. The van der Waals surface area contributed by atoms with Crippen molar-refractivity contribution < 1.29 is 59.6 Å². The number of rotatable bonds is 6. The molecule has 5 aliphatic rings. The molecule has 11 rings (SSSR count). The van der Waals surface area contributed by atoms with Crippen molar-refractivity contribution in [2.75, 3.05) is 66.1 Å². The largest absolute Gasteiger partial charge is 2.00 e. The fraction of sp³-hybridized carbons (Fsp3) is 0.508. The summed E-state index contributed by atoms with van der Waals surface area (Å²) < 4.78 is 24.7. The van der Waals surface area contributed by atoms with Crippen LogP contribution < -0.4 is 33.8 Å². The summed E-state index contributed by atoms with van der Waals surface area (Å²) in [7, 11) is 0. The van der Waals surface area contributed by atoms with E-state index >= 15 is 0 Å². The monoisotopic (exact) mass is 1000 g/mol. The van der Waals surface area contributed by atoms with Gasteiger partial charge in [-0.2, -0.15) is 0 Å². The van der Waals surface area contributed by atoms with Gasteiger partial charge in [0.25, 0.3) is 0 Å². The molecule has 5 fully saturated rings. The number of aromatic nitrogens is 3. The molecule has 10 heteroatoms. The van der Waals surface area contributed by atoms with Gasteiger partial charge in [0.05, 0.1) is 0 Å². The predicted molar refractivity (Wildman–Crippen MR) is 284 cm³/mol. The Kier molecular flexibility index (Phi) is 25.8. The number of nitrogens with zero attached hydrogens (tertiary/aromatic N) is 3. The molecular weight excluding hydrogens is 917 g/mol. The van der Waals surface area contributed by atoms with Gasteiger partial charge in [-0.3, -0.25) is 0 Å². The molecule has 8 heterocycles. The molecule has 5 saturated heterocycles. The summed E-state index contributed by atoms with van der Waals surface area (Å²) in [6.07, 6.45) is 12.8. The molecule has 0 atom stereocenters. The average molecular weight is 1000 g/mol. The van der Waals surface area contributed by atoms with Crippen LogP contribution in [0.5, 0.6) is 0 Å². The fourth-order valence-corrected chi connectivity index (χ4v) is 10.0. The van der Waals surface area contributed by atoms with Crippen LogP contribution in [0.1, 0.15) is 138 Å². The van der Waals surface area contributed by atoms with Gasteiger partial charge in [-0.25, -0.2) is 0 Å². The average Bonchev–Trinajstić information content (AvgIpc) is 4.17. The normalized spacial score (nSPS) is 15.8. The maximum absolute atomic E-state index is 5.33. The fourth-order valence-electron chi connectivity index (χ4n) is 10.0. The minimum atomic E-state index is -0.653. The van der Waals surface area contributed by atoms with E-state index in [1.165, 1.54) is 131 Å². The Morgan fingerprint density at radius 2 is 0.507 bits per heavy atom. The van der Waals surface area contributed by atoms with Crippen LogP contribution in [0.2, 0.25) is 0 Å². The minimum absolute atomic E-state index is 0. The smallest absolute Gasteiger partial charge is 0.660 e. The minimum Gasteiger partial charge on any atom is -0.660 e. The Morgan fingerprint density at radius 3 is 0.662 bits per heavy atom. The number of benzene rings is 3. The molecule has 0 aliphatic carbocycles. The van der Waals surface area contributed by atoms with Crippen LogP contribution in [0.25, 0.3) is 33.8 Å². The van der Waals surface area contributed by atoms with Gasteiger partial charge in [0, 0.05) is 66.1 Å². The molecule has 0 unspecified atom stereocenters. The first kappa shape index (κ1) is 60.0. The van der Waals surface area contributed by atoms with Crippen LogP contribution in [-0.4, -0.2) is 66.1 Å². The zero-order chi connectivity index (χ0) is 49.2. The van der Waals surface area contributed by atoms with Crippen LogP contribution in [0, 0.1) is 62.3 Å². The van der Waals surface area contributed by atoms with Crippen molar-refractivity contribution in [3.8, 4) is 33.8 Å². The molecule has 0 saturated carbocycles. The van der Waals surface area contributed by atoms with Crippen LogP contribution in [0.15, 0.2) is 72.8 Å². The molecule has 0 bridgehead atoms. The second-order valence-corrected chi connectivity index (χ2v) is 19.7. The standard InChI is InChI=1S/C41H42N3.5C4H8O.Fe.Li/c1-23-17-26(4)38(27(5)18-23)32-11-14-35(42-32)41(10,36-15-12-33(43-36)39-28(6)19-24(2)20-29(39)7)37-16-13-34(44-37)40-30(8)21-25(3)22-31(40)9;5*1-2-4-5-3-1;;/h11-22H,1-10H3;5*1-4H2;;/q-3;;;;;;+2;+1. The van der Waals surface area contributed by atoms with E-state index in [-0.39, 0.29) is 35.9 Å². The first-order valence-corrected chi connectivity index (χ1v) is 25.9. The maximum atomic E-state index is 5.33. The predicted octanol–water partition coefficient (Wildman–Crippen LogP) is 10.7. The number of aryl methyl sites for hydroxylation is 9. The van der Waals surface area contributed by atoms with Crippen LogP contribution in [-0.2, 0) is 46.2 Å². The third-order valence-corrected chi connectivity index (χ3v) is 13.4. The number of ether oxygens (including phenoxy) is 5. The van der Waals surface area contributed by atoms with Crippen LogP contribution in [0.3, 0.4) is 0 Å².